The molecule has 0 aliphatic rings. The molecule has 3 N–H and O–H groups in total. The van der Waals surface area contributed by atoms with Crippen molar-refractivity contribution in [1.29, 1.82) is 0 Å². The Morgan fingerprint density at radius 1 is 1.30 bits per heavy atom. The lowest BCUT2D eigenvalue weighted by Gasteiger charge is -2.17. The SMILES string of the molecule is CCOC(=O)C(O)C(O)c1ccc(O)c(C(=O)OC)c1. The van der Waals surface area contributed by atoms with E-state index in [9.17, 15) is 24.9 Å². The van der Waals surface area contributed by atoms with E-state index in [4.69, 9.17) is 0 Å². The van der Waals surface area contributed by atoms with Crippen molar-refractivity contribution in [2.75, 3.05) is 13.7 Å². The first-order valence-corrected chi connectivity index (χ1v) is 5.86. The Bertz CT molecular complexity index is 497. The lowest BCUT2D eigenvalue weighted by Crippen LogP contribution is -2.30. The minimum Gasteiger partial charge on any atom is -0.507 e. The number of carbonyl (C=O) groups excluding carboxylic acids is 2. The molecule has 0 fully saturated rings. The van der Waals surface area contributed by atoms with Gasteiger partial charge in [-0.2, -0.15) is 0 Å². The van der Waals surface area contributed by atoms with Crippen LogP contribution in [-0.4, -0.2) is 47.1 Å². The van der Waals surface area contributed by atoms with Gasteiger partial charge in [-0.25, -0.2) is 9.59 Å². The fourth-order valence-electron chi connectivity index (χ4n) is 1.55. The van der Waals surface area contributed by atoms with Crippen molar-refractivity contribution in [3.8, 4) is 5.75 Å². The first-order chi connectivity index (χ1) is 9.42. The first-order valence-electron chi connectivity index (χ1n) is 5.86. The summed E-state index contributed by atoms with van der Waals surface area (Å²) in [5.41, 5.74) is -0.108. The quantitative estimate of drug-likeness (QED) is 0.659. The van der Waals surface area contributed by atoms with Crippen LogP contribution in [0.3, 0.4) is 0 Å². The van der Waals surface area contributed by atoms with E-state index in [2.05, 4.69) is 9.47 Å². The molecule has 0 radical (unpaired) electrons. The number of esters is 2. The van der Waals surface area contributed by atoms with E-state index >= 15 is 0 Å². The molecule has 2 atom stereocenters. The highest BCUT2D eigenvalue weighted by Crippen LogP contribution is 2.25. The van der Waals surface area contributed by atoms with Gasteiger partial charge in [-0.1, -0.05) is 6.07 Å². The van der Waals surface area contributed by atoms with Gasteiger partial charge in [0.1, 0.15) is 17.4 Å². The van der Waals surface area contributed by atoms with Crippen LogP contribution in [0.5, 0.6) is 5.75 Å². The zero-order chi connectivity index (χ0) is 15.3. The molecule has 1 rings (SSSR count). The summed E-state index contributed by atoms with van der Waals surface area (Å²) in [6, 6.07) is 3.56. The van der Waals surface area contributed by atoms with Gasteiger partial charge in [-0.3, -0.25) is 0 Å². The lowest BCUT2D eigenvalue weighted by atomic mass is 10.0. The number of phenolic OH excluding ortho intramolecular Hbond substituents is 1. The predicted octanol–water partition coefficient (Wildman–Crippen LogP) is 0.136. The number of benzene rings is 1. The van der Waals surface area contributed by atoms with Crippen molar-refractivity contribution in [2.45, 2.75) is 19.1 Å². The Kier molecular flexibility index (Phi) is 5.48. The predicted molar refractivity (Wildman–Crippen MR) is 67.0 cm³/mol. The zero-order valence-corrected chi connectivity index (χ0v) is 11.1. The molecule has 0 aliphatic heterocycles. The molecule has 7 heteroatoms. The summed E-state index contributed by atoms with van der Waals surface area (Å²) in [7, 11) is 1.14. The number of phenols is 1. The second-order valence-electron chi connectivity index (χ2n) is 3.91. The van der Waals surface area contributed by atoms with Crippen LogP contribution in [0.15, 0.2) is 18.2 Å². The molecule has 1 aromatic carbocycles. The zero-order valence-electron chi connectivity index (χ0n) is 11.1. The monoisotopic (exact) mass is 284 g/mol. The van der Waals surface area contributed by atoms with Gasteiger partial charge in [0, 0.05) is 0 Å². The molecule has 110 valence electrons. The second-order valence-corrected chi connectivity index (χ2v) is 3.91. The summed E-state index contributed by atoms with van der Waals surface area (Å²) in [6.07, 6.45) is -3.37. The number of hydrogen-bond donors (Lipinski definition) is 3. The van der Waals surface area contributed by atoms with Gasteiger partial charge in [0.2, 0.25) is 0 Å². The van der Waals surface area contributed by atoms with Crippen molar-refractivity contribution < 1.29 is 34.4 Å². The highest BCUT2D eigenvalue weighted by molar-refractivity contribution is 5.92. The summed E-state index contributed by atoms with van der Waals surface area (Å²) < 4.78 is 9.04. The first kappa shape index (κ1) is 15.9. The van der Waals surface area contributed by atoms with E-state index in [1.54, 1.807) is 6.92 Å². The number of hydrogen-bond acceptors (Lipinski definition) is 7. The van der Waals surface area contributed by atoms with E-state index < -0.39 is 24.1 Å². The van der Waals surface area contributed by atoms with Crippen LogP contribution in [-0.2, 0) is 14.3 Å². The van der Waals surface area contributed by atoms with Gasteiger partial charge in [-0.05, 0) is 24.6 Å². The van der Waals surface area contributed by atoms with Crippen molar-refractivity contribution in [2.24, 2.45) is 0 Å². The number of aliphatic hydroxyl groups excluding tert-OH is 2. The van der Waals surface area contributed by atoms with E-state index in [-0.39, 0.29) is 23.5 Å². The van der Waals surface area contributed by atoms with Crippen LogP contribution >= 0.6 is 0 Å². The molecule has 2 unspecified atom stereocenters. The van der Waals surface area contributed by atoms with E-state index in [0.29, 0.717) is 0 Å². The Morgan fingerprint density at radius 3 is 2.50 bits per heavy atom. The van der Waals surface area contributed by atoms with E-state index in [1.165, 1.54) is 6.07 Å². The fourth-order valence-corrected chi connectivity index (χ4v) is 1.55. The number of ether oxygens (including phenoxy) is 2. The Morgan fingerprint density at radius 2 is 1.95 bits per heavy atom. The molecule has 0 saturated carbocycles. The summed E-state index contributed by atoms with van der Waals surface area (Å²) in [5.74, 6) is -2.12. The number of aliphatic hydroxyl groups is 2. The van der Waals surface area contributed by atoms with Crippen LogP contribution in [0.4, 0.5) is 0 Å². The van der Waals surface area contributed by atoms with Crippen molar-refractivity contribution in [1.82, 2.24) is 0 Å². The van der Waals surface area contributed by atoms with Gasteiger partial charge >= 0.3 is 11.9 Å². The third-order valence-corrected chi connectivity index (χ3v) is 2.59. The molecular formula is C13H16O7. The molecule has 0 aromatic heterocycles. The molecule has 0 spiro atoms. The van der Waals surface area contributed by atoms with Gasteiger partial charge in [0.05, 0.1) is 13.7 Å². The second kappa shape index (κ2) is 6.88. The van der Waals surface area contributed by atoms with Crippen LogP contribution in [0.1, 0.15) is 28.9 Å². The van der Waals surface area contributed by atoms with Crippen molar-refractivity contribution in [3.63, 3.8) is 0 Å². The molecule has 0 saturated heterocycles. The van der Waals surface area contributed by atoms with Crippen molar-refractivity contribution >= 4 is 11.9 Å². The molecule has 7 nitrogen and oxygen atoms in total. The molecule has 1 aromatic rings. The minimum absolute atomic E-state index is 0.0611. The normalized spacial score (nSPS) is 13.4. The molecular weight excluding hydrogens is 268 g/mol. The standard InChI is InChI=1S/C13H16O7/c1-3-20-13(18)11(16)10(15)7-4-5-9(14)8(6-7)12(17)19-2/h4-6,10-11,14-16H,3H2,1-2H3. The summed E-state index contributed by atoms with van der Waals surface area (Å²) in [4.78, 5) is 22.7. The third kappa shape index (κ3) is 3.46. The maximum atomic E-state index is 11.4. The number of rotatable bonds is 5. The Balaban J connectivity index is 3.02. The van der Waals surface area contributed by atoms with Crippen LogP contribution in [0.2, 0.25) is 0 Å². The summed E-state index contributed by atoms with van der Waals surface area (Å²) in [5, 5.41) is 29.0. The maximum Gasteiger partial charge on any atom is 0.341 e. The average Bonchev–Trinajstić information content (AvgIpc) is 2.45. The Labute approximate surface area is 115 Å². The van der Waals surface area contributed by atoms with Crippen LogP contribution in [0.25, 0.3) is 0 Å². The smallest absolute Gasteiger partial charge is 0.341 e. The Hall–Kier alpha value is -2.12. The van der Waals surface area contributed by atoms with Gasteiger partial charge < -0.3 is 24.8 Å². The van der Waals surface area contributed by atoms with E-state index in [1.807, 2.05) is 0 Å². The fraction of sp³-hybridized carbons (Fsp3) is 0.385. The maximum absolute atomic E-state index is 11.4. The summed E-state index contributed by atoms with van der Waals surface area (Å²) >= 11 is 0. The van der Waals surface area contributed by atoms with Crippen molar-refractivity contribution in [3.05, 3.63) is 29.3 Å². The lowest BCUT2D eigenvalue weighted by molar-refractivity contribution is -0.159. The summed E-state index contributed by atoms with van der Waals surface area (Å²) in [6.45, 7) is 1.62. The van der Waals surface area contributed by atoms with Gasteiger partial charge in [0.25, 0.3) is 0 Å². The molecule has 0 heterocycles. The number of methoxy groups -OCH3 is 1. The van der Waals surface area contributed by atoms with E-state index in [0.717, 1.165) is 19.2 Å². The van der Waals surface area contributed by atoms with Gasteiger partial charge in [-0.15, -0.1) is 0 Å². The third-order valence-electron chi connectivity index (χ3n) is 2.59. The highest BCUT2D eigenvalue weighted by atomic mass is 16.5. The van der Waals surface area contributed by atoms with Crippen LogP contribution < -0.4 is 0 Å². The minimum atomic E-state index is -1.79. The molecule has 0 bridgehead atoms. The topological polar surface area (TPSA) is 113 Å². The number of aromatic hydroxyl groups is 1. The molecule has 20 heavy (non-hydrogen) atoms. The average molecular weight is 284 g/mol. The van der Waals surface area contributed by atoms with Crippen LogP contribution in [0, 0.1) is 0 Å². The van der Waals surface area contributed by atoms with Gasteiger partial charge in [0.15, 0.2) is 6.10 Å². The molecule has 0 amide bonds. The molecule has 0 aliphatic carbocycles. The largest absolute Gasteiger partial charge is 0.507 e. The highest BCUT2D eigenvalue weighted by Gasteiger charge is 2.28. The number of carbonyl (C=O) groups is 2.